The Morgan fingerprint density at radius 2 is 2.20 bits per heavy atom. The third kappa shape index (κ3) is 3.39. The Bertz CT molecular complexity index is 529. The number of hydrogen-bond donors (Lipinski definition) is 2. The van der Waals surface area contributed by atoms with Crippen molar-refractivity contribution in [2.75, 3.05) is 13.6 Å². The van der Waals surface area contributed by atoms with Crippen LogP contribution in [-0.2, 0) is 16.6 Å². The van der Waals surface area contributed by atoms with Gasteiger partial charge in [0.2, 0.25) is 10.0 Å². The average Bonchev–Trinajstić information content (AvgIpc) is 2.84. The summed E-state index contributed by atoms with van der Waals surface area (Å²) in [5, 5.41) is 7.18. The second-order valence-electron chi connectivity index (χ2n) is 5.49. The highest BCUT2D eigenvalue weighted by molar-refractivity contribution is 7.89. The van der Waals surface area contributed by atoms with Crippen LogP contribution in [0.5, 0.6) is 0 Å². The molecule has 0 atom stereocenters. The van der Waals surface area contributed by atoms with Crippen LogP contribution in [0.4, 0.5) is 0 Å². The Morgan fingerprint density at radius 3 is 2.75 bits per heavy atom. The van der Waals surface area contributed by atoms with Gasteiger partial charge in [0.05, 0.1) is 6.20 Å². The molecule has 1 aliphatic carbocycles. The minimum absolute atomic E-state index is 0.229. The van der Waals surface area contributed by atoms with Crippen molar-refractivity contribution in [3.8, 4) is 0 Å². The molecule has 1 fully saturated rings. The van der Waals surface area contributed by atoms with E-state index in [0.29, 0.717) is 0 Å². The molecule has 114 valence electrons. The summed E-state index contributed by atoms with van der Waals surface area (Å²) < 4.78 is 29.3. The Labute approximate surface area is 121 Å². The first-order valence-corrected chi connectivity index (χ1v) is 8.71. The molecule has 1 aliphatic rings. The summed E-state index contributed by atoms with van der Waals surface area (Å²) in [6, 6.07) is 0. The van der Waals surface area contributed by atoms with Crippen molar-refractivity contribution < 1.29 is 8.42 Å². The van der Waals surface area contributed by atoms with Gasteiger partial charge in [0.1, 0.15) is 4.90 Å². The van der Waals surface area contributed by atoms with E-state index in [4.69, 9.17) is 0 Å². The molecule has 2 N–H and O–H groups in total. The molecule has 1 saturated carbocycles. The van der Waals surface area contributed by atoms with Gasteiger partial charge in [-0.3, -0.25) is 4.68 Å². The summed E-state index contributed by atoms with van der Waals surface area (Å²) in [6.45, 7) is 3.64. The minimum Gasteiger partial charge on any atom is -0.320 e. The highest BCUT2D eigenvalue weighted by Gasteiger charge is 2.39. The van der Waals surface area contributed by atoms with Gasteiger partial charge in [0, 0.05) is 18.3 Å². The maximum Gasteiger partial charge on any atom is 0.244 e. The molecule has 0 bridgehead atoms. The molecule has 2 rings (SSSR count). The summed E-state index contributed by atoms with van der Waals surface area (Å²) in [4.78, 5) is 0.265. The first kappa shape index (κ1) is 15.5. The summed E-state index contributed by atoms with van der Waals surface area (Å²) in [5.41, 5.74) is -0.229. The van der Waals surface area contributed by atoms with Gasteiger partial charge in [-0.05, 0) is 45.7 Å². The van der Waals surface area contributed by atoms with Crippen LogP contribution >= 0.6 is 0 Å². The van der Waals surface area contributed by atoms with E-state index >= 15 is 0 Å². The fraction of sp³-hybridized carbons (Fsp3) is 0.769. The van der Waals surface area contributed by atoms with Crippen LogP contribution in [0.3, 0.4) is 0 Å². The van der Waals surface area contributed by atoms with E-state index in [0.717, 1.165) is 45.2 Å². The molecular formula is C13H24N4O2S. The molecule has 1 aromatic rings. The number of sulfonamides is 1. The topological polar surface area (TPSA) is 76.0 Å². The van der Waals surface area contributed by atoms with Crippen LogP contribution in [0.15, 0.2) is 17.3 Å². The van der Waals surface area contributed by atoms with E-state index in [1.165, 1.54) is 6.20 Å². The van der Waals surface area contributed by atoms with Crippen molar-refractivity contribution in [1.82, 2.24) is 19.8 Å². The lowest BCUT2D eigenvalue weighted by atomic mass is 9.76. The lowest BCUT2D eigenvalue weighted by molar-refractivity contribution is 0.214. The molecule has 20 heavy (non-hydrogen) atoms. The number of aromatic nitrogens is 2. The minimum atomic E-state index is -3.45. The van der Waals surface area contributed by atoms with E-state index in [-0.39, 0.29) is 10.4 Å². The molecule has 0 spiro atoms. The average molecular weight is 300 g/mol. The molecule has 0 radical (unpaired) electrons. The van der Waals surface area contributed by atoms with E-state index in [1.807, 2.05) is 14.0 Å². The van der Waals surface area contributed by atoms with E-state index in [1.54, 1.807) is 10.9 Å². The van der Waals surface area contributed by atoms with Crippen molar-refractivity contribution in [2.24, 2.45) is 0 Å². The van der Waals surface area contributed by atoms with Gasteiger partial charge in [-0.15, -0.1) is 0 Å². The largest absolute Gasteiger partial charge is 0.320 e. The van der Waals surface area contributed by atoms with Crippen LogP contribution in [0.1, 0.15) is 39.0 Å². The molecule has 1 aromatic heterocycles. The molecule has 0 aliphatic heterocycles. The van der Waals surface area contributed by atoms with Crippen molar-refractivity contribution in [3.05, 3.63) is 12.4 Å². The van der Waals surface area contributed by atoms with Crippen LogP contribution in [0.25, 0.3) is 0 Å². The van der Waals surface area contributed by atoms with Gasteiger partial charge >= 0.3 is 0 Å². The van der Waals surface area contributed by atoms with Crippen molar-refractivity contribution in [3.63, 3.8) is 0 Å². The van der Waals surface area contributed by atoms with Gasteiger partial charge < -0.3 is 5.32 Å². The van der Waals surface area contributed by atoms with E-state index in [2.05, 4.69) is 15.1 Å². The first-order valence-electron chi connectivity index (χ1n) is 7.22. The Balaban J connectivity index is 2.02. The molecule has 0 saturated heterocycles. The van der Waals surface area contributed by atoms with Gasteiger partial charge in [0.15, 0.2) is 0 Å². The number of nitrogens with one attached hydrogen (secondary N) is 2. The molecule has 0 unspecified atom stereocenters. The molecule has 6 nitrogen and oxygen atoms in total. The molecule has 0 aromatic carbocycles. The first-order chi connectivity index (χ1) is 9.51. The second kappa shape index (κ2) is 6.24. The third-order valence-electron chi connectivity index (χ3n) is 4.07. The van der Waals surface area contributed by atoms with Crippen molar-refractivity contribution >= 4 is 10.0 Å². The van der Waals surface area contributed by atoms with Crippen LogP contribution < -0.4 is 10.0 Å². The third-order valence-corrected chi connectivity index (χ3v) is 5.61. The summed E-state index contributed by atoms with van der Waals surface area (Å²) in [7, 11) is -1.56. The monoisotopic (exact) mass is 300 g/mol. The summed E-state index contributed by atoms with van der Waals surface area (Å²) >= 11 is 0. The van der Waals surface area contributed by atoms with E-state index in [9.17, 15) is 8.42 Å². The highest BCUT2D eigenvalue weighted by Crippen LogP contribution is 2.35. The Morgan fingerprint density at radius 1 is 1.45 bits per heavy atom. The quantitative estimate of drug-likeness (QED) is 0.705. The maximum absolute atomic E-state index is 12.4. The fourth-order valence-electron chi connectivity index (χ4n) is 2.50. The van der Waals surface area contributed by atoms with Gasteiger partial charge in [0.25, 0.3) is 0 Å². The summed E-state index contributed by atoms with van der Waals surface area (Å²) in [5.74, 6) is 0. The number of aryl methyl sites for hydroxylation is 1. The number of nitrogens with zero attached hydrogens (tertiary/aromatic N) is 2. The smallest absolute Gasteiger partial charge is 0.244 e. The zero-order valence-corrected chi connectivity index (χ0v) is 13.0. The normalized spacial score (nSPS) is 17.9. The van der Waals surface area contributed by atoms with Gasteiger partial charge in [-0.2, -0.15) is 5.10 Å². The molecule has 7 heteroatoms. The molecule has 0 amide bonds. The standard InChI is InChI=1S/C13H24N4O2S/c1-3-13(6-4-7-13)16-20(18,19)12-10-15-17(11-12)9-5-8-14-2/h10-11,14,16H,3-9H2,1-2H3. The van der Waals surface area contributed by atoms with Crippen LogP contribution in [-0.4, -0.2) is 37.3 Å². The second-order valence-corrected chi connectivity index (χ2v) is 7.17. The summed E-state index contributed by atoms with van der Waals surface area (Å²) in [6.07, 6.45) is 7.76. The lowest BCUT2D eigenvalue weighted by Crippen LogP contribution is -2.52. The SMILES string of the molecule is CCC1(NS(=O)(=O)c2cnn(CCCNC)c2)CCC1. The van der Waals surface area contributed by atoms with Gasteiger partial charge in [-0.1, -0.05) is 6.92 Å². The Hall–Kier alpha value is -0.920. The van der Waals surface area contributed by atoms with Gasteiger partial charge in [-0.25, -0.2) is 13.1 Å². The van der Waals surface area contributed by atoms with Crippen LogP contribution in [0.2, 0.25) is 0 Å². The van der Waals surface area contributed by atoms with Crippen molar-refractivity contribution in [1.29, 1.82) is 0 Å². The zero-order valence-electron chi connectivity index (χ0n) is 12.2. The fourth-order valence-corrected chi connectivity index (χ4v) is 3.98. The molecular weight excluding hydrogens is 276 g/mol. The van der Waals surface area contributed by atoms with Crippen LogP contribution in [0, 0.1) is 0 Å². The predicted octanol–water partition coefficient (Wildman–Crippen LogP) is 1.10. The van der Waals surface area contributed by atoms with E-state index < -0.39 is 10.0 Å². The zero-order chi connectivity index (χ0) is 14.6. The Kier molecular flexibility index (Phi) is 4.82. The maximum atomic E-state index is 12.4. The number of rotatable bonds is 8. The molecule has 1 heterocycles. The number of hydrogen-bond acceptors (Lipinski definition) is 4. The predicted molar refractivity (Wildman–Crippen MR) is 78.0 cm³/mol. The lowest BCUT2D eigenvalue weighted by Gasteiger charge is -2.41. The van der Waals surface area contributed by atoms with Crippen molar-refractivity contribution in [2.45, 2.75) is 56.0 Å². The highest BCUT2D eigenvalue weighted by atomic mass is 32.2.